The van der Waals surface area contributed by atoms with Crippen LogP contribution in [0.25, 0.3) is 0 Å². The molecule has 0 amide bonds. The van der Waals surface area contributed by atoms with Gasteiger partial charge in [0.1, 0.15) is 0 Å². The van der Waals surface area contributed by atoms with E-state index in [0.717, 1.165) is 23.9 Å². The van der Waals surface area contributed by atoms with E-state index in [2.05, 4.69) is 59.0 Å². The number of nitrogens with zero attached hydrogens (tertiary/aromatic N) is 2. The Morgan fingerprint density at radius 2 is 2.22 bits per heavy atom. The van der Waals surface area contributed by atoms with Crippen molar-refractivity contribution >= 4 is 27.8 Å². The van der Waals surface area contributed by atoms with Crippen molar-refractivity contribution in [3.8, 4) is 0 Å². The molecule has 0 aromatic carbocycles. The normalized spacial score (nSPS) is 11.1. The molecule has 0 spiro atoms. The van der Waals surface area contributed by atoms with Gasteiger partial charge in [0.05, 0.1) is 12.2 Å². The summed E-state index contributed by atoms with van der Waals surface area (Å²) < 4.78 is 0. The molecule has 3 nitrogen and oxygen atoms in total. The lowest BCUT2D eigenvalue weighted by Gasteiger charge is -2.14. The van der Waals surface area contributed by atoms with Gasteiger partial charge in [-0.05, 0) is 11.4 Å². The highest BCUT2D eigenvalue weighted by molar-refractivity contribution is 7.13. The molecule has 0 aliphatic heterocycles. The van der Waals surface area contributed by atoms with Gasteiger partial charge in [-0.15, -0.1) is 22.7 Å². The third-order valence-electron chi connectivity index (χ3n) is 2.53. The van der Waals surface area contributed by atoms with Crippen LogP contribution in [-0.4, -0.2) is 18.1 Å². The van der Waals surface area contributed by atoms with Crippen LogP contribution < -0.4 is 10.2 Å². The molecule has 0 saturated heterocycles. The van der Waals surface area contributed by atoms with Gasteiger partial charge >= 0.3 is 0 Å². The highest BCUT2D eigenvalue weighted by Gasteiger charge is 2.08. The quantitative estimate of drug-likeness (QED) is 0.880. The van der Waals surface area contributed by atoms with Gasteiger partial charge < -0.3 is 10.2 Å². The summed E-state index contributed by atoms with van der Waals surface area (Å²) >= 11 is 3.50. The third-order valence-corrected chi connectivity index (χ3v) is 4.40. The summed E-state index contributed by atoms with van der Waals surface area (Å²) in [6.07, 6.45) is 0. The second-order valence-electron chi connectivity index (χ2n) is 4.59. The Balaban J connectivity index is 1.92. The van der Waals surface area contributed by atoms with E-state index in [1.165, 1.54) is 4.88 Å². The fraction of sp³-hybridized carbons (Fsp3) is 0.462. The van der Waals surface area contributed by atoms with Crippen molar-refractivity contribution in [2.24, 2.45) is 0 Å². The summed E-state index contributed by atoms with van der Waals surface area (Å²) in [5.41, 5.74) is 1.13. The lowest BCUT2D eigenvalue weighted by atomic mass is 10.4. The molecular weight excluding hydrogens is 262 g/mol. The maximum atomic E-state index is 4.65. The largest absolute Gasteiger partial charge is 0.346 e. The Hall–Kier alpha value is -0.910. The third kappa shape index (κ3) is 3.80. The first-order valence-corrected chi connectivity index (χ1v) is 7.82. The van der Waals surface area contributed by atoms with E-state index in [1.807, 2.05) is 0 Å². The second-order valence-corrected chi connectivity index (χ2v) is 6.46. The molecule has 1 N–H and O–H groups in total. The summed E-state index contributed by atoms with van der Waals surface area (Å²) in [7, 11) is 2.10. The molecule has 0 radical (unpaired) electrons. The monoisotopic (exact) mass is 281 g/mol. The van der Waals surface area contributed by atoms with Crippen LogP contribution in [0.5, 0.6) is 0 Å². The summed E-state index contributed by atoms with van der Waals surface area (Å²) in [5, 5.41) is 8.72. The van der Waals surface area contributed by atoms with Gasteiger partial charge in [0, 0.05) is 29.9 Å². The molecule has 98 valence electrons. The van der Waals surface area contributed by atoms with Crippen LogP contribution >= 0.6 is 22.7 Å². The number of hydrogen-bond acceptors (Lipinski definition) is 5. The lowest BCUT2D eigenvalue weighted by Crippen LogP contribution is -2.22. The van der Waals surface area contributed by atoms with Gasteiger partial charge in [0.2, 0.25) is 0 Å². The number of hydrogen-bond donors (Lipinski definition) is 1. The summed E-state index contributed by atoms with van der Waals surface area (Å²) in [6, 6.07) is 4.75. The summed E-state index contributed by atoms with van der Waals surface area (Å²) in [4.78, 5) is 8.22. The minimum Gasteiger partial charge on any atom is -0.346 e. The fourth-order valence-corrected chi connectivity index (χ4v) is 3.11. The highest BCUT2D eigenvalue weighted by atomic mass is 32.1. The molecular formula is C13H19N3S2. The highest BCUT2D eigenvalue weighted by Crippen LogP contribution is 2.22. The van der Waals surface area contributed by atoms with Gasteiger partial charge in [0.15, 0.2) is 5.13 Å². The van der Waals surface area contributed by atoms with E-state index < -0.39 is 0 Å². The first kappa shape index (κ1) is 13.5. The van der Waals surface area contributed by atoms with Crippen LogP contribution in [0.3, 0.4) is 0 Å². The zero-order valence-electron chi connectivity index (χ0n) is 11.0. The molecule has 0 bridgehead atoms. The van der Waals surface area contributed by atoms with Crippen molar-refractivity contribution < 1.29 is 0 Å². The predicted octanol–water partition coefficient (Wildman–Crippen LogP) is 3.34. The molecule has 2 heterocycles. The average Bonchev–Trinajstić information content (AvgIpc) is 2.96. The lowest BCUT2D eigenvalue weighted by molar-refractivity contribution is 0.583. The Morgan fingerprint density at radius 3 is 2.89 bits per heavy atom. The maximum absolute atomic E-state index is 4.65. The zero-order valence-corrected chi connectivity index (χ0v) is 12.6. The zero-order chi connectivity index (χ0) is 13.0. The number of aromatic nitrogens is 1. The molecule has 0 aliphatic carbocycles. The van der Waals surface area contributed by atoms with Crippen LogP contribution in [-0.2, 0) is 13.1 Å². The van der Waals surface area contributed by atoms with Crippen molar-refractivity contribution in [1.29, 1.82) is 0 Å². The molecule has 0 fully saturated rings. The molecule has 2 aromatic rings. The molecule has 2 aromatic heterocycles. The minimum absolute atomic E-state index is 0.499. The second kappa shape index (κ2) is 6.31. The van der Waals surface area contributed by atoms with Gasteiger partial charge in [0.25, 0.3) is 0 Å². The summed E-state index contributed by atoms with van der Waals surface area (Å²) in [5.74, 6) is 0. The molecule has 2 rings (SSSR count). The standard InChI is InChI=1S/C13H19N3S2/c1-10(2)14-7-11-9-18-13(15-11)16(3)8-12-5-4-6-17-12/h4-6,9-10,14H,7-8H2,1-3H3. The maximum Gasteiger partial charge on any atom is 0.185 e. The fourth-order valence-electron chi connectivity index (χ4n) is 1.57. The molecule has 0 aliphatic rings. The number of anilines is 1. The van der Waals surface area contributed by atoms with Crippen molar-refractivity contribution in [3.63, 3.8) is 0 Å². The van der Waals surface area contributed by atoms with Crippen molar-refractivity contribution in [3.05, 3.63) is 33.5 Å². The van der Waals surface area contributed by atoms with Crippen LogP contribution in [0.2, 0.25) is 0 Å². The Labute approximate surface area is 116 Å². The number of rotatable bonds is 6. The van der Waals surface area contributed by atoms with Gasteiger partial charge in [-0.1, -0.05) is 19.9 Å². The van der Waals surface area contributed by atoms with Gasteiger partial charge in [-0.2, -0.15) is 0 Å². The van der Waals surface area contributed by atoms with E-state index in [1.54, 1.807) is 22.7 Å². The molecule has 5 heteroatoms. The predicted molar refractivity (Wildman–Crippen MR) is 80.5 cm³/mol. The van der Waals surface area contributed by atoms with E-state index in [0.29, 0.717) is 6.04 Å². The minimum atomic E-state index is 0.499. The van der Waals surface area contributed by atoms with Crippen LogP contribution in [0.15, 0.2) is 22.9 Å². The summed E-state index contributed by atoms with van der Waals surface area (Å²) in [6.45, 7) is 6.08. The molecule has 0 saturated carbocycles. The van der Waals surface area contributed by atoms with Crippen LogP contribution in [0.1, 0.15) is 24.4 Å². The Morgan fingerprint density at radius 1 is 1.39 bits per heavy atom. The number of thiazole rings is 1. The van der Waals surface area contributed by atoms with E-state index in [4.69, 9.17) is 0 Å². The number of nitrogens with one attached hydrogen (secondary N) is 1. The first-order chi connectivity index (χ1) is 8.65. The van der Waals surface area contributed by atoms with Crippen LogP contribution in [0.4, 0.5) is 5.13 Å². The van der Waals surface area contributed by atoms with Crippen molar-refractivity contribution in [2.75, 3.05) is 11.9 Å². The SMILES string of the molecule is CC(C)NCc1csc(N(C)Cc2cccs2)n1. The van der Waals surface area contributed by atoms with Gasteiger partial charge in [-0.3, -0.25) is 0 Å². The first-order valence-electron chi connectivity index (χ1n) is 6.06. The van der Waals surface area contributed by atoms with Crippen molar-refractivity contribution in [2.45, 2.75) is 33.0 Å². The Bertz CT molecular complexity index is 462. The van der Waals surface area contributed by atoms with E-state index in [-0.39, 0.29) is 0 Å². The Kier molecular flexibility index (Phi) is 4.74. The molecule has 18 heavy (non-hydrogen) atoms. The molecule has 0 unspecified atom stereocenters. The number of thiophene rings is 1. The average molecular weight is 281 g/mol. The topological polar surface area (TPSA) is 28.2 Å². The van der Waals surface area contributed by atoms with Gasteiger partial charge in [-0.25, -0.2) is 4.98 Å². The van der Waals surface area contributed by atoms with Crippen LogP contribution in [0, 0.1) is 0 Å². The smallest absolute Gasteiger partial charge is 0.185 e. The van der Waals surface area contributed by atoms with Crippen molar-refractivity contribution in [1.82, 2.24) is 10.3 Å². The van der Waals surface area contributed by atoms with E-state index >= 15 is 0 Å². The van der Waals surface area contributed by atoms with E-state index in [9.17, 15) is 0 Å². The molecule has 0 atom stereocenters.